The van der Waals surface area contributed by atoms with E-state index in [4.69, 9.17) is 5.11 Å². The molecule has 0 saturated heterocycles. The Morgan fingerprint density at radius 3 is 2.70 bits per heavy atom. The third-order valence-electron chi connectivity index (χ3n) is 3.13. The normalized spacial score (nSPS) is 10.8. The summed E-state index contributed by atoms with van der Waals surface area (Å²) in [6, 6.07) is 0. The first-order chi connectivity index (χ1) is 9.32. The largest absolute Gasteiger partial charge is 0.478 e. The number of aromatic nitrogens is 4. The summed E-state index contributed by atoms with van der Waals surface area (Å²) in [6.07, 6.45) is 1.27. The molecule has 0 fully saturated rings. The fraction of sp³-hybridized carbons (Fsp3) is 0.333. The molecule has 0 radical (unpaired) electrons. The van der Waals surface area contributed by atoms with Crippen LogP contribution in [0.1, 0.15) is 27.4 Å². The zero-order chi connectivity index (χ0) is 15.0. The van der Waals surface area contributed by atoms with Gasteiger partial charge in [0.2, 0.25) is 0 Å². The lowest BCUT2D eigenvalue weighted by molar-refractivity contribution is 0.0695. The maximum Gasteiger partial charge on any atom is 0.348 e. The Morgan fingerprint density at radius 2 is 2.10 bits per heavy atom. The van der Waals surface area contributed by atoms with Crippen molar-refractivity contribution in [1.29, 1.82) is 0 Å². The van der Waals surface area contributed by atoms with E-state index >= 15 is 0 Å². The molecule has 0 aliphatic carbocycles. The number of aryl methyl sites for hydroxylation is 2. The van der Waals surface area contributed by atoms with Crippen LogP contribution in [0.5, 0.6) is 0 Å². The standard InChI is InChI=1S/C12H13BrN4O3/c1-6-10(13)7(2)17(12(20)15-6)5-9-8(11(18)19)4-14-16(9)3/h4H,5H2,1-3H3,(H,18,19). The fourth-order valence-electron chi connectivity index (χ4n) is 1.94. The Hall–Kier alpha value is -1.96. The number of carboxylic acids is 1. The Labute approximate surface area is 123 Å². The first-order valence-corrected chi connectivity index (χ1v) is 6.60. The zero-order valence-corrected chi connectivity index (χ0v) is 12.8. The maximum atomic E-state index is 12.0. The molecule has 106 valence electrons. The number of hydrogen-bond acceptors (Lipinski definition) is 4. The predicted octanol–water partition coefficient (Wildman–Crippen LogP) is 1.10. The van der Waals surface area contributed by atoms with Crippen molar-refractivity contribution in [2.75, 3.05) is 0 Å². The van der Waals surface area contributed by atoms with Crippen molar-refractivity contribution in [3.63, 3.8) is 0 Å². The highest BCUT2D eigenvalue weighted by atomic mass is 79.9. The molecule has 2 heterocycles. The van der Waals surface area contributed by atoms with Crippen LogP contribution in [-0.2, 0) is 13.6 Å². The van der Waals surface area contributed by atoms with Crippen molar-refractivity contribution >= 4 is 21.9 Å². The summed E-state index contributed by atoms with van der Waals surface area (Å²) in [5, 5.41) is 13.1. The summed E-state index contributed by atoms with van der Waals surface area (Å²) in [5.74, 6) is -1.07. The Balaban J connectivity index is 2.57. The number of carbonyl (C=O) groups is 1. The molecule has 0 spiro atoms. The van der Waals surface area contributed by atoms with Crippen molar-refractivity contribution in [3.8, 4) is 0 Å². The van der Waals surface area contributed by atoms with Gasteiger partial charge in [-0.3, -0.25) is 9.25 Å². The average molecular weight is 341 g/mol. The molecule has 0 aromatic carbocycles. The number of carboxylic acid groups (broad SMARTS) is 1. The highest BCUT2D eigenvalue weighted by molar-refractivity contribution is 9.10. The van der Waals surface area contributed by atoms with E-state index < -0.39 is 11.7 Å². The molecule has 0 saturated carbocycles. The quantitative estimate of drug-likeness (QED) is 0.903. The van der Waals surface area contributed by atoms with Gasteiger partial charge in [-0.25, -0.2) is 9.59 Å². The van der Waals surface area contributed by atoms with Crippen LogP contribution < -0.4 is 5.69 Å². The summed E-state index contributed by atoms with van der Waals surface area (Å²) in [4.78, 5) is 27.0. The van der Waals surface area contributed by atoms with E-state index in [0.29, 0.717) is 17.1 Å². The Kier molecular flexibility index (Phi) is 3.76. The molecule has 0 aliphatic heterocycles. The molecule has 2 aromatic rings. The van der Waals surface area contributed by atoms with Gasteiger partial charge in [-0.15, -0.1) is 0 Å². The predicted molar refractivity (Wildman–Crippen MR) is 74.9 cm³/mol. The molecule has 2 rings (SSSR count). The van der Waals surface area contributed by atoms with Gasteiger partial charge >= 0.3 is 11.7 Å². The molecular formula is C12H13BrN4O3. The monoisotopic (exact) mass is 340 g/mol. The molecule has 0 amide bonds. The fourth-order valence-corrected chi connectivity index (χ4v) is 2.24. The van der Waals surface area contributed by atoms with Crippen LogP contribution in [0, 0.1) is 13.8 Å². The third-order valence-corrected chi connectivity index (χ3v) is 4.28. The minimum atomic E-state index is -1.07. The van der Waals surface area contributed by atoms with Crippen molar-refractivity contribution in [2.24, 2.45) is 7.05 Å². The van der Waals surface area contributed by atoms with Crippen LogP contribution in [0.3, 0.4) is 0 Å². The van der Waals surface area contributed by atoms with Crippen molar-refractivity contribution < 1.29 is 9.90 Å². The summed E-state index contributed by atoms with van der Waals surface area (Å²) in [5.41, 5.74) is 1.41. The second-order valence-corrected chi connectivity index (χ2v) is 5.19. The van der Waals surface area contributed by atoms with Gasteiger partial charge in [-0.05, 0) is 29.8 Å². The van der Waals surface area contributed by atoms with Gasteiger partial charge < -0.3 is 5.11 Å². The zero-order valence-electron chi connectivity index (χ0n) is 11.2. The second-order valence-electron chi connectivity index (χ2n) is 4.40. The molecule has 7 nitrogen and oxygen atoms in total. The van der Waals surface area contributed by atoms with Crippen LogP contribution >= 0.6 is 15.9 Å². The molecule has 0 bridgehead atoms. The van der Waals surface area contributed by atoms with Gasteiger partial charge in [-0.2, -0.15) is 10.1 Å². The van der Waals surface area contributed by atoms with Crippen LogP contribution in [0.25, 0.3) is 0 Å². The molecule has 0 unspecified atom stereocenters. The number of aromatic carboxylic acids is 1. The lowest BCUT2D eigenvalue weighted by Gasteiger charge is -2.12. The van der Waals surface area contributed by atoms with E-state index in [1.165, 1.54) is 15.4 Å². The highest BCUT2D eigenvalue weighted by Gasteiger charge is 2.18. The number of nitrogens with zero attached hydrogens (tertiary/aromatic N) is 4. The van der Waals surface area contributed by atoms with Crippen molar-refractivity contribution in [3.05, 3.63) is 43.8 Å². The molecule has 20 heavy (non-hydrogen) atoms. The number of halogens is 1. The van der Waals surface area contributed by atoms with Gasteiger partial charge in [0.25, 0.3) is 0 Å². The molecule has 0 aliphatic rings. The molecule has 2 aromatic heterocycles. The minimum Gasteiger partial charge on any atom is -0.478 e. The smallest absolute Gasteiger partial charge is 0.348 e. The molecular weight excluding hydrogens is 328 g/mol. The second kappa shape index (κ2) is 5.20. The first kappa shape index (κ1) is 14.4. The first-order valence-electron chi connectivity index (χ1n) is 5.80. The summed E-state index contributed by atoms with van der Waals surface area (Å²) >= 11 is 3.37. The Bertz CT molecular complexity index is 748. The topological polar surface area (TPSA) is 90.0 Å². The van der Waals surface area contributed by atoms with Crippen LogP contribution in [0.4, 0.5) is 0 Å². The maximum absolute atomic E-state index is 12.0. The number of hydrogen-bond donors (Lipinski definition) is 1. The van der Waals surface area contributed by atoms with Crippen molar-refractivity contribution in [2.45, 2.75) is 20.4 Å². The Morgan fingerprint density at radius 1 is 1.45 bits per heavy atom. The average Bonchev–Trinajstić information content (AvgIpc) is 2.73. The van der Waals surface area contributed by atoms with E-state index in [-0.39, 0.29) is 12.1 Å². The SMILES string of the molecule is Cc1nc(=O)n(Cc2c(C(=O)O)cnn2C)c(C)c1Br. The van der Waals surface area contributed by atoms with Gasteiger partial charge in [0.15, 0.2) is 0 Å². The summed E-state index contributed by atoms with van der Waals surface area (Å²) < 4.78 is 3.60. The molecule has 1 N–H and O–H groups in total. The molecule has 0 atom stereocenters. The van der Waals surface area contributed by atoms with Gasteiger partial charge in [-0.1, -0.05) is 0 Å². The van der Waals surface area contributed by atoms with Crippen molar-refractivity contribution in [1.82, 2.24) is 19.3 Å². The van der Waals surface area contributed by atoms with Gasteiger partial charge in [0.05, 0.1) is 28.6 Å². The minimum absolute atomic E-state index is 0.0792. The third kappa shape index (κ3) is 2.38. The van der Waals surface area contributed by atoms with Crippen LogP contribution in [-0.4, -0.2) is 30.4 Å². The van der Waals surface area contributed by atoms with Gasteiger partial charge in [0, 0.05) is 12.7 Å². The highest BCUT2D eigenvalue weighted by Crippen LogP contribution is 2.18. The van der Waals surface area contributed by atoms with E-state index in [0.717, 1.165) is 4.47 Å². The van der Waals surface area contributed by atoms with Gasteiger partial charge in [0.1, 0.15) is 5.56 Å². The van der Waals surface area contributed by atoms with E-state index in [1.54, 1.807) is 20.9 Å². The van der Waals surface area contributed by atoms with Crippen LogP contribution in [0.15, 0.2) is 15.5 Å². The van der Waals surface area contributed by atoms with E-state index in [2.05, 4.69) is 26.0 Å². The lowest BCUT2D eigenvalue weighted by Crippen LogP contribution is -2.28. The number of rotatable bonds is 3. The summed E-state index contributed by atoms with van der Waals surface area (Å²) in [6.45, 7) is 3.61. The summed E-state index contributed by atoms with van der Waals surface area (Å²) in [7, 11) is 1.64. The lowest BCUT2D eigenvalue weighted by atomic mass is 10.2. The van der Waals surface area contributed by atoms with Crippen LogP contribution in [0.2, 0.25) is 0 Å². The van der Waals surface area contributed by atoms with E-state index in [9.17, 15) is 9.59 Å². The van der Waals surface area contributed by atoms with E-state index in [1.807, 2.05) is 0 Å². The molecule has 8 heteroatoms.